The number of aryl methyl sites for hydroxylation is 1. The van der Waals surface area contributed by atoms with Crippen molar-refractivity contribution in [2.45, 2.75) is 38.9 Å². The summed E-state index contributed by atoms with van der Waals surface area (Å²) in [5.74, 6) is -1.32. The first-order chi connectivity index (χ1) is 20.9. The van der Waals surface area contributed by atoms with Crippen molar-refractivity contribution in [3.8, 4) is 11.1 Å². The fourth-order valence-electron chi connectivity index (χ4n) is 6.95. The molecule has 0 amide bonds. The molecule has 0 radical (unpaired) electrons. The number of carbonyl (C=O) groups is 2. The average Bonchev–Trinajstić information content (AvgIpc) is 3.05. The fraction of sp³-hybridized carbons (Fsp3) is 0.231. The molecule has 0 aromatic heterocycles. The van der Waals surface area contributed by atoms with Gasteiger partial charge in [0.1, 0.15) is 12.2 Å². The van der Waals surface area contributed by atoms with Gasteiger partial charge in [0.15, 0.2) is 0 Å². The van der Waals surface area contributed by atoms with E-state index in [1.54, 1.807) is 24.3 Å². The number of carbonyl (C=O) groups excluding carboxylic acids is 2. The molecule has 216 valence electrons. The second-order valence-electron chi connectivity index (χ2n) is 11.8. The van der Waals surface area contributed by atoms with Crippen LogP contribution in [0.1, 0.15) is 51.6 Å². The number of benzene rings is 4. The van der Waals surface area contributed by atoms with Crippen LogP contribution in [0.5, 0.6) is 0 Å². The molecule has 2 aliphatic carbocycles. The summed E-state index contributed by atoms with van der Waals surface area (Å²) in [4.78, 5) is 27.4. The van der Waals surface area contributed by atoms with Crippen molar-refractivity contribution in [1.29, 1.82) is 0 Å². The van der Waals surface area contributed by atoms with Crippen LogP contribution in [0, 0.1) is 24.2 Å². The molecule has 0 bridgehead atoms. The van der Waals surface area contributed by atoms with Crippen LogP contribution in [0.2, 0.25) is 0 Å². The van der Waals surface area contributed by atoms with E-state index in [4.69, 9.17) is 9.47 Å². The Morgan fingerprint density at radius 3 is 1.84 bits per heavy atom. The first-order valence-electron chi connectivity index (χ1n) is 14.9. The molecule has 0 saturated heterocycles. The van der Waals surface area contributed by atoms with E-state index >= 15 is 0 Å². The minimum atomic E-state index is -0.742. The number of hydrogen-bond donors (Lipinski definition) is 0. The number of fused-ring (bicyclic) bond motifs is 1. The molecule has 0 heterocycles. The van der Waals surface area contributed by atoms with Gasteiger partial charge in [0, 0.05) is 11.8 Å². The summed E-state index contributed by atoms with van der Waals surface area (Å²) in [6, 6.07) is 34.7. The normalized spacial score (nSPS) is 25.9. The van der Waals surface area contributed by atoms with Gasteiger partial charge in [0.05, 0.1) is 11.1 Å². The molecule has 1 saturated carbocycles. The molecular weight excluding hydrogens is 532 g/mol. The zero-order valence-corrected chi connectivity index (χ0v) is 24.7. The standard InChI is InChI=1S/C39H36O4/c1-26-16-15-23-31(28-17-7-4-8-18-28)33(26)34-32-24-13-14-25-39(32,3)27(2)35(42-37(40)29-19-9-5-10-20-29)36(34)43-38(41)30-21-11-6-12-22-30/h4-25,27,32,34-36H,1-3H3. The van der Waals surface area contributed by atoms with Crippen LogP contribution < -0.4 is 0 Å². The highest BCUT2D eigenvalue weighted by Gasteiger charge is 2.58. The maximum atomic E-state index is 13.8. The van der Waals surface area contributed by atoms with Gasteiger partial charge in [-0.3, -0.25) is 0 Å². The second-order valence-corrected chi connectivity index (χ2v) is 11.8. The van der Waals surface area contributed by atoms with Crippen LogP contribution in [-0.4, -0.2) is 24.1 Å². The van der Waals surface area contributed by atoms with E-state index in [1.807, 2.05) is 54.6 Å². The number of hydrogen-bond acceptors (Lipinski definition) is 4. The van der Waals surface area contributed by atoms with Gasteiger partial charge in [-0.25, -0.2) is 9.59 Å². The van der Waals surface area contributed by atoms with Crippen LogP contribution in [-0.2, 0) is 9.47 Å². The van der Waals surface area contributed by atoms with Crippen LogP contribution >= 0.6 is 0 Å². The monoisotopic (exact) mass is 568 g/mol. The van der Waals surface area contributed by atoms with Gasteiger partial charge in [-0.15, -0.1) is 0 Å². The van der Waals surface area contributed by atoms with Crippen LogP contribution in [0.3, 0.4) is 0 Å². The van der Waals surface area contributed by atoms with Crippen LogP contribution in [0.15, 0.2) is 133 Å². The molecule has 6 atom stereocenters. The summed E-state index contributed by atoms with van der Waals surface area (Å²) in [5, 5.41) is 0. The summed E-state index contributed by atoms with van der Waals surface area (Å²) in [6.45, 7) is 6.45. The smallest absolute Gasteiger partial charge is 0.338 e. The summed E-state index contributed by atoms with van der Waals surface area (Å²) < 4.78 is 12.9. The third-order valence-corrected chi connectivity index (χ3v) is 9.39. The molecule has 43 heavy (non-hydrogen) atoms. The molecule has 0 aliphatic heterocycles. The average molecular weight is 569 g/mol. The van der Waals surface area contributed by atoms with E-state index in [0.29, 0.717) is 11.1 Å². The molecule has 6 unspecified atom stereocenters. The molecule has 2 aliphatic rings. The van der Waals surface area contributed by atoms with Crippen LogP contribution in [0.4, 0.5) is 0 Å². The lowest BCUT2D eigenvalue weighted by molar-refractivity contribution is -0.121. The highest BCUT2D eigenvalue weighted by atomic mass is 16.6. The van der Waals surface area contributed by atoms with Crippen molar-refractivity contribution in [2.75, 3.05) is 0 Å². The maximum absolute atomic E-state index is 13.8. The molecule has 4 heteroatoms. The summed E-state index contributed by atoms with van der Waals surface area (Å²) >= 11 is 0. The predicted molar refractivity (Wildman–Crippen MR) is 170 cm³/mol. The van der Waals surface area contributed by atoms with Gasteiger partial charge in [0.2, 0.25) is 0 Å². The Balaban J connectivity index is 1.54. The molecule has 0 N–H and O–H groups in total. The van der Waals surface area contributed by atoms with E-state index in [1.165, 1.54) is 0 Å². The Bertz CT molecular complexity index is 1660. The van der Waals surface area contributed by atoms with Gasteiger partial charge in [-0.05, 0) is 64.8 Å². The number of esters is 2. The van der Waals surface area contributed by atoms with E-state index in [0.717, 1.165) is 22.3 Å². The molecule has 0 spiro atoms. The van der Waals surface area contributed by atoms with Crippen molar-refractivity contribution in [3.63, 3.8) is 0 Å². The number of ether oxygens (including phenoxy) is 2. The Labute approximate surface area is 253 Å². The van der Waals surface area contributed by atoms with Crippen LogP contribution in [0.25, 0.3) is 11.1 Å². The second kappa shape index (κ2) is 11.9. The SMILES string of the molecule is Cc1cccc(-c2ccccc2)c1C1C(OC(=O)c2ccccc2)C(OC(=O)c2ccccc2)C(C)C2(C)C=CC=CC12. The van der Waals surface area contributed by atoms with Crippen molar-refractivity contribution in [3.05, 3.63) is 156 Å². The van der Waals surface area contributed by atoms with Gasteiger partial charge in [-0.2, -0.15) is 0 Å². The maximum Gasteiger partial charge on any atom is 0.338 e. The van der Waals surface area contributed by atoms with Gasteiger partial charge >= 0.3 is 11.9 Å². The first kappa shape index (κ1) is 28.4. The van der Waals surface area contributed by atoms with Crippen molar-refractivity contribution >= 4 is 11.9 Å². The summed E-state index contributed by atoms with van der Waals surface area (Å²) in [6.07, 6.45) is 7.18. The highest BCUT2D eigenvalue weighted by Crippen LogP contribution is 2.57. The molecular formula is C39H36O4. The summed E-state index contributed by atoms with van der Waals surface area (Å²) in [7, 11) is 0. The third kappa shape index (κ3) is 5.34. The molecule has 6 rings (SSSR count). The Morgan fingerprint density at radius 2 is 1.23 bits per heavy atom. The van der Waals surface area contributed by atoms with E-state index in [2.05, 4.69) is 75.4 Å². The Hall–Kier alpha value is -4.70. The topological polar surface area (TPSA) is 52.6 Å². The largest absolute Gasteiger partial charge is 0.454 e. The zero-order chi connectivity index (χ0) is 30.0. The Kier molecular flexibility index (Phi) is 7.86. The lowest BCUT2D eigenvalue weighted by Crippen LogP contribution is -2.58. The van der Waals surface area contributed by atoms with Crippen molar-refractivity contribution in [2.24, 2.45) is 17.3 Å². The van der Waals surface area contributed by atoms with E-state index in [-0.39, 0.29) is 23.2 Å². The van der Waals surface area contributed by atoms with E-state index < -0.39 is 24.1 Å². The molecule has 4 aromatic carbocycles. The summed E-state index contributed by atoms with van der Waals surface area (Å²) in [5.41, 5.74) is 4.92. The highest BCUT2D eigenvalue weighted by molar-refractivity contribution is 5.90. The minimum absolute atomic E-state index is 0.0173. The van der Waals surface area contributed by atoms with E-state index in [9.17, 15) is 9.59 Å². The number of allylic oxidation sites excluding steroid dienone is 4. The first-order valence-corrected chi connectivity index (χ1v) is 14.9. The minimum Gasteiger partial charge on any atom is -0.454 e. The predicted octanol–water partition coefficient (Wildman–Crippen LogP) is 8.60. The molecule has 1 fully saturated rings. The fourth-order valence-corrected chi connectivity index (χ4v) is 6.95. The van der Waals surface area contributed by atoms with Gasteiger partial charge in [0.25, 0.3) is 0 Å². The van der Waals surface area contributed by atoms with Crippen molar-refractivity contribution < 1.29 is 19.1 Å². The quantitative estimate of drug-likeness (QED) is 0.219. The molecule has 4 aromatic rings. The third-order valence-electron chi connectivity index (χ3n) is 9.39. The lowest BCUT2D eigenvalue weighted by Gasteiger charge is -2.55. The Morgan fingerprint density at radius 1 is 0.674 bits per heavy atom. The number of rotatable bonds is 6. The lowest BCUT2D eigenvalue weighted by atomic mass is 9.52. The van der Waals surface area contributed by atoms with Gasteiger partial charge in [-0.1, -0.05) is 123 Å². The molecule has 4 nitrogen and oxygen atoms in total. The van der Waals surface area contributed by atoms with Gasteiger partial charge < -0.3 is 9.47 Å². The van der Waals surface area contributed by atoms with Crippen molar-refractivity contribution in [1.82, 2.24) is 0 Å². The zero-order valence-electron chi connectivity index (χ0n) is 24.7.